The van der Waals surface area contributed by atoms with Crippen LogP contribution in [0.25, 0.3) is 11.0 Å². The van der Waals surface area contributed by atoms with E-state index in [4.69, 9.17) is 13.7 Å². The van der Waals surface area contributed by atoms with Crippen LogP contribution in [0.3, 0.4) is 0 Å². The number of ether oxygens (including phenoxy) is 1. The first kappa shape index (κ1) is 14.0. The summed E-state index contributed by atoms with van der Waals surface area (Å²) in [5, 5.41) is 4.79. The van der Waals surface area contributed by atoms with Gasteiger partial charge in [0.1, 0.15) is 11.3 Å². The van der Waals surface area contributed by atoms with E-state index in [1.807, 2.05) is 13.0 Å². The van der Waals surface area contributed by atoms with Crippen LogP contribution in [0.15, 0.2) is 31.9 Å². The molecule has 0 saturated carbocycles. The molecule has 0 radical (unpaired) electrons. The van der Waals surface area contributed by atoms with Crippen molar-refractivity contribution in [2.45, 2.75) is 39.2 Å². The summed E-state index contributed by atoms with van der Waals surface area (Å²) in [5.74, 6) is 1.81. The molecule has 0 unspecified atom stereocenters. The number of benzene rings is 1. The van der Waals surface area contributed by atoms with Gasteiger partial charge in [-0.15, -0.1) is 0 Å². The third-order valence-corrected chi connectivity index (χ3v) is 4.13. The fourth-order valence-electron chi connectivity index (χ4n) is 2.99. The first-order valence-electron chi connectivity index (χ1n) is 7.77. The van der Waals surface area contributed by atoms with Crippen molar-refractivity contribution >= 4 is 11.0 Å². The van der Waals surface area contributed by atoms with Gasteiger partial charge in [0.2, 0.25) is 0 Å². The van der Waals surface area contributed by atoms with E-state index in [0.29, 0.717) is 23.0 Å². The molecule has 0 bridgehead atoms. The Labute approximate surface area is 132 Å². The van der Waals surface area contributed by atoms with Crippen molar-refractivity contribution in [3.63, 3.8) is 0 Å². The summed E-state index contributed by atoms with van der Waals surface area (Å²) in [6, 6.07) is 5.47. The summed E-state index contributed by atoms with van der Waals surface area (Å²) >= 11 is 0. The van der Waals surface area contributed by atoms with Crippen LogP contribution in [0, 0.1) is 0 Å². The fourth-order valence-corrected chi connectivity index (χ4v) is 2.99. The van der Waals surface area contributed by atoms with Gasteiger partial charge in [-0.2, -0.15) is 4.98 Å². The van der Waals surface area contributed by atoms with Gasteiger partial charge in [-0.1, -0.05) is 12.1 Å². The number of hydrogen-bond acceptors (Lipinski definition) is 6. The minimum atomic E-state index is -0.211. The summed E-state index contributed by atoms with van der Waals surface area (Å²) in [5.41, 5.74) is 2.29. The average molecular weight is 312 g/mol. The van der Waals surface area contributed by atoms with Crippen molar-refractivity contribution in [2.75, 3.05) is 0 Å². The lowest BCUT2D eigenvalue weighted by molar-refractivity contribution is 0.242. The van der Waals surface area contributed by atoms with Crippen molar-refractivity contribution in [3.8, 4) is 5.75 Å². The summed E-state index contributed by atoms with van der Waals surface area (Å²) in [6.45, 7) is 2.19. The lowest BCUT2D eigenvalue weighted by atomic mass is 10.1. The van der Waals surface area contributed by atoms with E-state index < -0.39 is 0 Å². The van der Waals surface area contributed by atoms with Crippen LogP contribution in [0.5, 0.6) is 5.75 Å². The molecule has 6 heteroatoms. The van der Waals surface area contributed by atoms with Crippen LogP contribution in [0.1, 0.15) is 36.2 Å². The Balaban J connectivity index is 1.63. The number of fused-ring (bicyclic) bond motifs is 3. The standard InChI is InChI=1S/C17H16N2O4/c1-2-15-18-16(23-19-15)9-21-10-6-7-14-13(8-10)11-4-3-5-12(11)17(20)22-14/h6-8H,2-5,9H2,1H3. The molecule has 0 N–H and O–H groups in total. The maximum absolute atomic E-state index is 11.9. The highest BCUT2D eigenvalue weighted by molar-refractivity contribution is 5.83. The van der Waals surface area contributed by atoms with Crippen LogP contribution in [0.4, 0.5) is 0 Å². The highest BCUT2D eigenvalue weighted by Crippen LogP contribution is 2.30. The zero-order valence-corrected chi connectivity index (χ0v) is 12.8. The number of aryl methyl sites for hydroxylation is 2. The molecular weight excluding hydrogens is 296 g/mol. The first-order valence-corrected chi connectivity index (χ1v) is 7.77. The smallest absolute Gasteiger partial charge is 0.339 e. The van der Waals surface area contributed by atoms with Crippen LogP contribution in [-0.2, 0) is 25.9 Å². The van der Waals surface area contributed by atoms with E-state index in [9.17, 15) is 4.79 Å². The number of nitrogens with zero attached hydrogens (tertiary/aromatic N) is 2. The van der Waals surface area contributed by atoms with E-state index in [1.165, 1.54) is 0 Å². The summed E-state index contributed by atoms with van der Waals surface area (Å²) in [6.07, 6.45) is 3.42. The minimum absolute atomic E-state index is 0.211. The molecule has 6 nitrogen and oxygen atoms in total. The van der Waals surface area contributed by atoms with Gasteiger partial charge in [-0.3, -0.25) is 0 Å². The topological polar surface area (TPSA) is 78.4 Å². The maximum Gasteiger partial charge on any atom is 0.339 e. The predicted molar refractivity (Wildman–Crippen MR) is 82.5 cm³/mol. The number of rotatable bonds is 4. The summed E-state index contributed by atoms with van der Waals surface area (Å²) < 4.78 is 16.2. The van der Waals surface area contributed by atoms with Crippen molar-refractivity contribution in [1.82, 2.24) is 10.1 Å². The molecule has 0 aliphatic heterocycles. The molecule has 118 valence electrons. The third kappa shape index (κ3) is 2.50. The number of aromatic nitrogens is 2. The molecule has 0 atom stereocenters. The SMILES string of the molecule is CCc1noc(COc2ccc3oc(=O)c4c(c3c2)CCC4)n1. The maximum atomic E-state index is 11.9. The van der Waals surface area contributed by atoms with Gasteiger partial charge in [0.05, 0.1) is 0 Å². The third-order valence-electron chi connectivity index (χ3n) is 4.13. The van der Waals surface area contributed by atoms with Crippen molar-refractivity contribution in [2.24, 2.45) is 0 Å². The highest BCUT2D eigenvalue weighted by atomic mass is 16.5. The molecule has 1 aliphatic rings. The van der Waals surface area contributed by atoms with Crippen LogP contribution in [-0.4, -0.2) is 10.1 Å². The van der Waals surface area contributed by atoms with Gasteiger partial charge in [-0.05, 0) is 43.0 Å². The highest BCUT2D eigenvalue weighted by Gasteiger charge is 2.19. The molecule has 1 aromatic carbocycles. The van der Waals surface area contributed by atoms with Crippen LogP contribution < -0.4 is 10.4 Å². The molecule has 0 saturated heterocycles. The second kappa shape index (κ2) is 5.53. The van der Waals surface area contributed by atoms with E-state index >= 15 is 0 Å². The van der Waals surface area contributed by atoms with Gasteiger partial charge in [0.15, 0.2) is 12.4 Å². The summed E-state index contributed by atoms with van der Waals surface area (Å²) in [7, 11) is 0. The molecular formula is C17H16N2O4. The van der Waals surface area contributed by atoms with E-state index in [-0.39, 0.29) is 12.2 Å². The van der Waals surface area contributed by atoms with E-state index in [0.717, 1.165) is 42.2 Å². The molecule has 1 aliphatic carbocycles. The Morgan fingerprint density at radius 3 is 2.96 bits per heavy atom. The van der Waals surface area contributed by atoms with Crippen molar-refractivity contribution in [1.29, 1.82) is 0 Å². The largest absolute Gasteiger partial charge is 0.484 e. The second-order valence-electron chi connectivity index (χ2n) is 5.60. The molecule has 2 heterocycles. The second-order valence-corrected chi connectivity index (χ2v) is 5.60. The van der Waals surface area contributed by atoms with Crippen LogP contribution >= 0.6 is 0 Å². The normalized spacial score (nSPS) is 13.4. The quantitative estimate of drug-likeness (QED) is 0.689. The monoisotopic (exact) mass is 312 g/mol. The van der Waals surface area contributed by atoms with E-state index in [2.05, 4.69) is 10.1 Å². The van der Waals surface area contributed by atoms with Crippen molar-refractivity contribution in [3.05, 3.63) is 51.5 Å². The Morgan fingerprint density at radius 1 is 1.26 bits per heavy atom. The molecule has 23 heavy (non-hydrogen) atoms. The Bertz CT molecular complexity index is 926. The minimum Gasteiger partial charge on any atom is -0.484 e. The van der Waals surface area contributed by atoms with Gasteiger partial charge in [-0.25, -0.2) is 4.79 Å². The zero-order valence-electron chi connectivity index (χ0n) is 12.8. The molecule has 3 aromatic rings. The van der Waals surface area contributed by atoms with Gasteiger partial charge < -0.3 is 13.7 Å². The Kier molecular flexibility index (Phi) is 3.37. The first-order chi connectivity index (χ1) is 11.2. The fraction of sp³-hybridized carbons (Fsp3) is 0.353. The molecule has 2 aromatic heterocycles. The zero-order chi connectivity index (χ0) is 15.8. The lowest BCUT2D eigenvalue weighted by Gasteiger charge is -2.07. The number of hydrogen-bond donors (Lipinski definition) is 0. The molecule has 0 spiro atoms. The molecule has 0 amide bonds. The van der Waals surface area contributed by atoms with Gasteiger partial charge >= 0.3 is 5.63 Å². The average Bonchev–Trinajstić information content (AvgIpc) is 3.23. The van der Waals surface area contributed by atoms with Gasteiger partial charge in [0.25, 0.3) is 5.89 Å². The Morgan fingerprint density at radius 2 is 2.13 bits per heavy atom. The molecule has 0 fully saturated rings. The van der Waals surface area contributed by atoms with Gasteiger partial charge in [0, 0.05) is 17.4 Å². The Hall–Kier alpha value is -2.63. The summed E-state index contributed by atoms with van der Waals surface area (Å²) in [4.78, 5) is 16.1. The van der Waals surface area contributed by atoms with Crippen LogP contribution in [0.2, 0.25) is 0 Å². The predicted octanol–water partition coefficient (Wildman–Crippen LogP) is 2.81. The van der Waals surface area contributed by atoms with E-state index in [1.54, 1.807) is 12.1 Å². The lowest BCUT2D eigenvalue weighted by Crippen LogP contribution is -2.07. The van der Waals surface area contributed by atoms with Crippen molar-refractivity contribution < 1.29 is 13.7 Å². The molecule has 4 rings (SSSR count).